The molecule has 0 atom stereocenters. The van der Waals surface area contributed by atoms with Gasteiger partial charge in [0.25, 0.3) is 0 Å². The molecule has 0 spiro atoms. The summed E-state index contributed by atoms with van der Waals surface area (Å²) in [6.07, 6.45) is 2.80. The third-order valence-electron chi connectivity index (χ3n) is 3.37. The van der Waals surface area contributed by atoms with Gasteiger partial charge >= 0.3 is 0 Å². The van der Waals surface area contributed by atoms with Crippen molar-refractivity contribution in [2.75, 3.05) is 0 Å². The lowest BCUT2D eigenvalue weighted by Gasteiger charge is -2.03. The number of hydrogen-bond donors (Lipinski definition) is 0. The maximum Gasteiger partial charge on any atom is 0.218 e. The Morgan fingerprint density at radius 3 is 2.37 bits per heavy atom. The van der Waals surface area contributed by atoms with Gasteiger partial charge in [0, 0.05) is 17.5 Å². The summed E-state index contributed by atoms with van der Waals surface area (Å²) in [5, 5.41) is 1.24. The van der Waals surface area contributed by atoms with E-state index in [1.807, 2.05) is 12.3 Å². The summed E-state index contributed by atoms with van der Waals surface area (Å²) in [5.74, 6) is 0. The minimum atomic E-state index is 0.914. The minimum absolute atomic E-state index is 0.914. The molecule has 1 heterocycles. The monoisotopic (exact) mass is 246 g/mol. The van der Waals surface area contributed by atoms with E-state index in [4.69, 9.17) is 0 Å². The standard InChI is InChI=1S/C18H16N/c1-2-19-17(14-15-8-4-3-5-9-15)13-12-16-10-6-7-11-18(16)19/h2-13H,1,14H2/q+1. The van der Waals surface area contributed by atoms with Crippen molar-refractivity contribution in [3.05, 3.63) is 84.6 Å². The van der Waals surface area contributed by atoms with Crippen molar-refractivity contribution in [2.24, 2.45) is 0 Å². The first kappa shape index (κ1) is 11.7. The number of rotatable bonds is 3. The van der Waals surface area contributed by atoms with Gasteiger partial charge in [-0.2, -0.15) is 4.57 Å². The molecule has 0 fully saturated rings. The van der Waals surface area contributed by atoms with Crippen LogP contribution in [0.1, 0.15) is 11.3 Å². The molecule has 0 unspecified atom stereocenters. The number of nitrogens with zero attached hydrogens (tertiary/aromatic N) is 1. The van der Waals surface area contributed by atoms with E-state index in [0.717, 1.165) is 6.42 Å². The van der Waals surface area contributed by atoms with Crippen LogP contribution in [0, 0.1) is 0 Å². The smallest absolute Gasteiger partial charge is 0.164 e. The highest BCUT2D eigenvalue weighted by Gasteiger charge is 2.13. The first-order valence-electron chi connectivity index (χ1n) is 6.47. The minimum Gasteiger partial charge on any atom is -0.164 e. The SMILES string of the molecule is C=C[n+]1c(Cc2ccccc2)ccc2ccccc21. The maximum atomic E-state index is 3.95. The fourth-order valence-electron chi connectivity index (χ4n) is 2.43. The Hall–Kier alpha value is -2.41. The zero-order chi connectivity index (χ0) is 13.1. The molecular formula is C18H16N+. The second kappa shape index (κ2) is 5.07. The molecule has 0 saturated carbocycles. The van der Waals surface area contributed by atoms with E-state index in [9.17, 15) is 0 Å². The van der Waals surface area contributed by atoms with Crippen molar-refractivity contribution in [2.45, 2.75) is 6.42 Å². The summed E-state index contributed by atoms with van der Waals surface area (Å²) in [7, 11) is 0. The molecule has 0 aliphatic carbocycles. The van der Waals surface area contributed by atoms with E-state index in [1.54, 1.807) is 0 Å². The molecule has 0 aliphatic heterocycles. The van der Waals surface area contributed by atoms with E-state index < -0.39 is 0 Å². The average Bonchev–Trinajstić information content (AvgIpc) is 2.48. The van der Waals surface area contributed by atoms with Crippen LogP contribution in [0.5, 0.6) is 0 Å². The van der Waals surface area contributed by atoms with Crippen LogP contribution in [-0.2, 0) is 6.42 Å². The first-order valence-corrected chi connectivity index (χ1v) is 6.47. The van der Waals surface area contributed by atoms with Gasteiger partial charge in [-0.1, -0.05) is 42.5 Å². The molecule has 0 amide bonds. The molecule has 2 aromatic carbocycles. The molecule has 0 saturated heterocycles. The predicted octanol–water partition coefficient (Wildman–Crippen LogP) is 3.82. The summed E-state index contributed by atoms with van der Waals surface area (Å²) in [6.45, 7) is 3.95. The Morgan fingerprint density at radius 2 is 1.58 bits per heavy atom. The molecule has 3 aromatic rings. The third-order valence-corrected chi connectivity index (χ3v) is 3.37. The van der Waals surface area contributed by atoms with Gasteiger partial charge in [0.05, 0.1) is 6.42 Å². The Bertz CT molecular complexity index is 714. The molecule has 0 aliphatic rings. The van der Waals surface area contributed by atoms with Crippen molar-refractivity contribution < 1.29 is 4.57 Å². The Balaban J connectivity index is 2.11. The normalized spacial score (nSPS) is 10.5. The van der Waals surface area contributed by atoms with Gasteiger partial charge in [-0.25, -0.2) is 0 Å². The van der Waals surface area contributed by atoms with Crippen molar-refractivity contribution >= 4 is 17.1 Å². The van der Waals surface area contributed by atoms with E-state index in [2.05, 4.69) is 71.8 Å². The van der Waals surface area contributed by atoms with Crippen LogP contribution in [0.4, 0.5) is 0 Å². The van der Waals surface area contributed by atoms with E-state index >= 15 is 0 Å². The van der Waals surface area contributed by atoms with E-state index in [-0.39, 0.29) is 0 Å². The van der Waals surface area contributed by atoms with Gasteiger partial charge in [0.2, 0.25) is 5.52 Å². The van der Waals surface area contributed by atoms with Crippen molar-refractivity contribution in [3.63, 3.8) is 0 Å². The van der Waals surface area contributed by atoms with Crippen LogP contribution in [0.15, 0.2) is 73.3 Å². The lowest BCUT2D eigenvalue weighted by atomic mass is 10.1. The fraction of sp³-hybridized carbons (Fsp3) is 0.0556. The second-order valence-corrected chi connectivity index (χ2v) is 4.60. The van der Waals surface area contributed by atoms with Crippen molar-refractivity contribution in [1.29, 1.82) is 0 Å². The van der Waals surface area contributed by atoms with E-state index in [0.29, 0.717) is 0 Å². The molecule has 3 rings (SSSR count). The number of fused-ring (bicyclic) bond motifs is 1. The number of hydrogen-bond acceptors (Lipinski definition) is 0. The Kier molecular flexibility index (Phi) is 3.11. The summed E-state index contributed by atoms with van der Waals surface area (Å²) < 4.78 is 2.17. The molecule has 0 radical (unpaired) electrons. The molecule has 19 heavy (non-hydrogen) atoms. The Morgan fingerprint density at radius 1 is 0.842 bits per heavy atom. The summed E-state index contributed by atoms with van der Waals surface area (Å²) in [4.78, 5) is 0. The number of pyridine rings is 1. The fourth-order valence-corrected chi connectivity index (χ4v) is 2.43. The Labute approximate surface area is 113 Å². The number of para-hydroxylation sites is 1. The van der Waals surface area contributed by atoms with Crippen molar-refractivity contribution in [1.82, 2.24) is 0 Å². The highest BCUT2D eigenvalue weighted by atomic mass is 14.9. The zero-order valence-corrected chi connectivity index (χ0v) is 10.8. The zero-order valence-electron chi connectivity index (χ0n) is 10.8. The number of benzene rings is 2. The highest BCUT2D eigenvalue weighted by Crippen LogP contribution is 2.13. The third kappa shape index (κ3) is 2.27. The van der Waals surface area contributed by atoms with Gasteiger partial charge in [-0.3, -0.25) is 0 Å². The van der Waals surface area contributed by atoms with Gasteiger partial charge < -0.3 is 0 Å². The lowest BCUT2D eigenvalue weighted by Crippen LogP contribution is -2.32. The van der Waals surface area contributed by atoms with E-state index in [1.165, 1.54) is 22.2 Å². The lowest BCUT2D eigenvalue weighted by molar-refractivity contribution is -0.547. The topological polar surface area (TPSA) is 3.88 Å². The van der Waals surface area contributed by atoms with Gasteiger partial charge in [-0.05, 0) is 24.3 Å². The summed E-state index contributed by atoms with van der Waals surface area (Å²) in [5.41, 5.74) is 3.76. The largest absolute Gasteiger partial charge is 0.218 e. The summed E-state index contributed by atoms with van der Waals surface area (Å²) in [6, 6.07) is 23.2. The molecular weight excluding hydrogens is 230 g/mol. The summed E-state index contributed by atoms with van der Waals surface area (Å²) >= 11 is 0. The predicted molar refractivity (Wildman–Crippen MR) is 79.8 cm³/mol. The molecule has 1 nitrogen and oxygen atoms in total. The molecule has 0 bridgehead atoms. The molecule has 1 aromatic heterocycles. The average molecular weight is 246 g/mol. The van der Waals surface area contributed by atoms with Gasteiger partial charge in [-0.15, -0.1) is 0 Å². The highest BCUT2D eigenvalue weighted by molar-refractivity contribution is 5.75. The van der Waals surface area contributed by atoms with Crippen LogP contribution in [-0.4, -0.2) is 0 Å². The van der Waals surface area contributed by atoms with Gasteiger partial charge in [0.1, 0.15) is 0 Å². The molecule has 1 heteroatoms. The van der Waals surface area contributed by atoms with Gasteiger partial charge in [0.15, 0.2) is 11.9 Å². The van der Waals surface area contributed by atoms with Crippen LogP contribution in [0.2, 0.25) is 0 Å². The molecule has 92 valence electrons. The van der Waals surface area contributed by atoms with Crippen LogP contribution >= 0.6 is 0 Å². The molecule has 0 N–H and O–H groups in total. The second-order valence-electron chi connectivity index (χ2n) is 4.60. The van der Waals surface area contributed by atoms with Crippen LogP contribution in [0.3, 0.4) is 0 Å². The van der Waals surface area contributed by atoms with Crippen LogP contribution in [0.25, 0.3) is 17.1 Å². The van der Waals surface area contributed by atoms with Crippen molar-refractivity contribution in [3.8, 4) is 0 Å². The first-order chi connectivity index (χ1) is 9.38. The number of aromatic nitrogens is 1. The maximum absolute atomic E-state index is 3.95. The van der Waals surface area contributed by atoms with Crippen LogP contribution < -0.4 is 4.57 Å². The quantitative estimate of drug-likeness (QED) is 0.619.